The summed E-state index contributed by atoms with van der Waals surface area (Å²) in [5.41, 5.74) is -0.167. The van der Waals surface area contributed by atoms with Crippen LogP contribution >= 0.6 is 0 Å². The Morgan fingerprint density at radius 2 is 1.40 bits per heavy atom. The summed E-state index contributed by atoms with van der Waals surface area (Å²) in [6.07, 6.45) is -3.80. The van der Waals surface area contributed by atoms with E-state index >= 15 is 0 Å². The Bertz CT molecular complexity index is 1520. The van der Waals surface area contributed by atoms with Gasteiger partial charge in [-0.3, -0.25) is 19.2 Å². The van der Waals surface area contributed by atoms with Gasteiger partial charge in [0.1, 0.15) is 18.3 Å². The standard InChI is InChI=1S/C37H46O11/c1-19-27(44-21(3)38)17-26-33(45-22(4)39)32-20(2)28(48-30(43)16-15-25-13-11-10-12-14-25)18-29(42)37(32,9)35(47-24(6)41)34(46-23(5)40)31(19)36(26,7)8/h10-16,26-29,32-35,42H,2,17-18H2,1,3-9H3/b16-15+/t26-,27-,28-,29-,32-,33+,34+,35-,37+/m0/s1. The van der Waals surface area contributed by atoms with Crippen molar-refractivity contribution in [2.24, 2.45) is 22.7 Å². The number of hydrogen-bond acceptors (Lipinski definition) is 11. The third kappa shape index (κ3) is 7.11. The highest BCUT2D eigenvalue weighted by atomic mass is 16.6. The van der Waals surface area contributed by atoms with Gasteiger partial charge in [-0.25, -0.2) is 4.79 Å². The molecular weight excluding hydrogens is 620 g/mol. The number of rotatable bonds is 7. The second-order valence-electron chi connectivity index (χ2n) is 13.7. The van der Waals surface area contributed by atoms with Crippen molar-refractivity contribution in [2.45, 2.75) is 105 Å². The monoisotopic (exact) mass is 666 g/mol. The summed E-state index contributed by atoms with van der Waals surface area (Å²) in [6.45, 7) is 16.6. The zero-order valence-electron chi connectivity index (χ0n) is 28.8. The topological polar surface area (TPSA) is 152 Å². The average Bonchev–Trinajstić information content (AvgIpc) is 2.97. The average molecular weight is 667 g/mol. The quantitative estimate of drug-likeness (QED) is 0.187. The predicted octanol–water partition coefficient (Wildman–Crippen LogP) is 4.66. The third-order valence-corrected chi connectivity index (χ3v) is 10.2. The number of hydrogen-bond donors (Lipinski definition) is 1. The molecule has 0 unspecified atom stereocenters. The summed E-state index contributed by atoms with van der Waals surface area (Å²) in [7, 11) is 0. The van der Waals surface area contributed by atoms with Crippen molar-refractivity contribution in [3.63, 3.8) is 0 Å². The van der Waals surface area contributed by atoms with Crippen molar-refractivity contribution in [2.75, 3.05) is 0 Å². The van der Waals surface area contributed by atoms with Gasteiger partial charge in [0.05, 0.1) is 6.10 Å². The Morgan fingerprint density at radius 1 is 0.812 bits per heavy atom. The molecule has 4 rings (SSSR count). The fourth-order valence-electron chi connectivity index (χ4n) is 8.15. The number of ether oxygens (including phenoxy) is 5. The molecule has 260 valence electrons. The molecule has 1 aromatic rings. The lowest BCUT2D eigenvalue weighted by molar-refractivity contribution is -0.224. The highest BCUT2D eigenvalue weighted by molar-refractivity contribution is 5.87. The summed E-state index contributed by atoms with van der Waals surface area (Å²) in [6, 6.07) is 9.17. The third-order valence-electron chi connectivity index (χ3n) is 10.2. The van der Waals surface area contributed by atoms with Crippen LogP contribution in [0.3, 0.4) is 0 Å². The number of carbonyl (C=O) groups excluding carboxylic acids is 5. The number of carbonyl (C=O) groups is 5. The van der Waals surface area contributed by atoms with E-state index in [0.717, 1.165) is 5.56 Å². The van der Waals surface area contributed by atoms with Crippen LogP contribution in [0.1, 0.15) is 73.8 Å². The maximum Gasteiger partial charge on any atom is 0.331 e. The van der Waals surface area contributed by atoms with E-state index in [9.17, 15) is 29.1 Å². The van der Waals surface area contributed by atoms with E-state index in [-0.39, 0.29) is 12.8 Å². The number of aliphatic hydroxyl groups excluding tert-OH is 1. The molecule has 48 heavy (non-hydrogen) atoms. The maximum atomic E-state index is 13.1. The van der Waals surface area contributed by atoms with E-state index in [0.29, 0.717) is 16.7 Å². The Hall–Kier alpha value is -4.25. The van der Waals surface area contributed by atoms with E-state index in [4.69, 9.17) is 23.7 Å². The molecule has 1 N–H and O–H groups in total. The SMILES string of the molecule is C=C1[C@@H](OC(=O)/C=C/c2ccccc2)C[C@H](O)[C@@]2(C)[C@@H](OC(C)=O)[C@H](OC(C)=O)C3=C(C)[C@@H](OC(C)=O)C[C@@H]([C@@H](OC(C)=O)[C@H]12)C3(C)C. The van der Waals surface area contributed by atoms with E-state index in [1.807, 2.05) is 44.2 Å². The van der Waals surface area contributed by atoms with E-state index in [2.05, 4.69) is 6.58 Å². The van der Waals surface area contributed by atoms with Gasteiger partial charge in [-0.15, -0.1) is 0 Å². The molecule has 0 spiro atoms. The molecule has 0 heterocycles. The molecule has 1 aromatic carbocycles. The number of aliphatic hydroxyl groups is 1. The summed E-state index contributed by atoms with van der Waals surface area (Å²) in [4.78, 5) is 63.8. The van der Waals surface area contributed by atoms with Crippen molar-refractivity contribution < 1.29 is 52.8 Å². The molecule has 0 radical (unpaired) electrons. The molecule has 0 aliphatic heterocycles. The molecule has 11 nitrogen and oxygen atoms in total. The van der Waals surface area contributed by atoms with Gasteiger partial charge < -0.3 is 28.8 Å². The summed E-state index contributed by atoms with van der Waals surface area (Å²) < 4.78 is 29.8. The van der Waals surface area contributed by atoms with Crippen molar-refractivity contribution in [1.82, 2.24) is 0 Å². The molecule has 0 amide bonds. The summed E-state index contributed by atoms with van der Waals surface area (Å²) in [5.74, 6) is -4.82. The van der Waals surface area contributed by atoms with Crippen LogP contribution in [0.5, 0.6) is 0 Å². The lowest BCUT2D eigenvalue weighted by atomic mass is 9.48. The van der Waals surface area contributed by atoms with E-state index in [1.54, 1.807) is 19.9 Å². The fourth-order valence-corrected chi connectivity index (χ4v) is 8.15. The van der Waals surface area contributed by atoms with Crippen molar-refractivity contribution in [3.8, 4) is 0 Å². The van der Waals surface area contributed by atoms with Gasteiger partial charge in [-0.05, 0) is 47.1 Å². The van der Waals surface area contributed by atoms with Crippen molar-refractivity contribution >= 4 is 35.9 Å². The highest BCUT2D eigenvalue weighted by Gasteiger charge is 2.67. The van der Waals surface area contributed by atoms with Gasteiger partial charge in [-0.1, -0.05) is 57.7 Å². The van der Waals surface area contributed by atoms with Crippen LogP contribution in [-0.4, -0.2) is 71.6 Å². The molecular formula is C37H46O11. The second kappa shape index (κ2) is 14.1. The van der Waals surface area contributed by atoms with Crippen molar-refractivity contribution in [1.29, 1.82) is 0 Å². The Morgan fingerprint density at radius 3 is 1.96 bits per heavy atom. The van der Waals surface area contributed by atoms with Gasteiger partial charge in [-0.2, -0.15) is 0 Å². The molecule has 0 saturated heterocycles. The number of esters is 5. The van der Waals surface area contributed by atoms with Crippen LogP contribution in [0.25, 0.3) is 6.08 Å². The van der Waals surface area contributed by atoms with Crippen molar-refractivity contribution in [3.05, 3.63) is 65.3 Å². The molecule has 0 aromatic heterocycles. The van der Waals surface area contributed by atoms with Crippen LogP contribution in [-0.2, 0) is 47.7 Å². The van der Waals surface area contributed by atoms with Crippen LogP contribution < -0.4 is 0 Å². The van der Waals surface area contributed by atoms with Gasteiger partial charge in [0.15, 0.2) is 12.2 Å². The number of fused-ring (bicyclic) bond motifs is 3. The molecule has 2 saturated carbocycles. The highest BCUT2D eigenvalue weighted by Crippen LogP contribution is 2.61. The summed E-state index contributed by atoms with van der Waals surface area (Å²) in [5, 5.41) is 12.1. The normalized spacial score (nSPS) is 32.6. The van der Waals surface area contributed by atoms with Gasteiger partial charge >= 0.3 is 29.8 Å². The molecule has 2 fully saturated rings. The van der Waals surface area contributed by atoms with Gasteiger partial charge in [0.25, 0.3) is 0 Å². The summed E-state index contributed by atoms with van der Waals surface area (Å²) >= 11 is 0. The Labute approximate surface area is 281 Å². The Kier molecular flexibility index (Phi) is 10.7. The lowest BCUT2D eigenvalue weighted by Crippen LogP contribution is -2.68. The van der Waals surface area contributed by atoms with Crippen LogP contribution in [0, 0.1) is 22.7 Å². The molecule has 3 aliphatic carbocycles. The molecule has 11 heteroatoms. The van der Waals surface area contributed by atoms with Gasteiger partial charge in [0.2, 0.25) is 0 Å². The van der Waals surface area contributed by atoms with Crippen LogP contribution in [0.4, 0.5) is 0 Å². The minimum absolute atomic E-state index is 0.129. The first-order chi connectivity index (χ1) is 22.4. The molecule has 2 bridgehead atoms. The first-order valence-corrected chi connectivity index (χ1v) is 16.1. The molecule has 9 atom stereocenters. The predicted molar refractivity (Wildman–Crippen MR) is 174 cm³/mol. The number of benzene rings is 1. The first-order valence-electron chi connectivity index (χ1n) is 16.1. The zero-order chi connectivity index (χ0) is 35.7. The largest absolute Gasteiger partial charge is 0.462 e. The second-order valence-corrected chi connectivity index (χ2v) is 13.7. The maximum absolute atomic E-state index is 13.1. The van der Waals surface area contributed by atoms with E-state index < -0.39 is 89.1 Å². The molecule has 3 aliphatic rings. The first kappa shape index (κ1) is 36.6. The minimum Gasteiger partial charge on any atom is -0.462 e. The van der Waals surface area contributed by atoms with E-state index in [1.165, 1.54) is 33.8 Å². The Balaban J connectivity index is 1.94. The minimum atomic E-state index is -1.49. The van der Waals surface area contributed by atoms with Crippen LogP contribution in [0.2, 0.25) is 0 Å². The van der Waals surface area contributed by atoms with Crippen LogP contribution in [0.15, 0.2) is 59.7 Å². The lowest BCUT2D eigenvalue weighted by Gasteiger charge is -2.61. The van der Waals surface area contributed by atoms with Gasteiger partial charge in [0, 0.05) is 57.4 Å². The smallest absolute Gasteiger partial charge is 0.331 e. The zero-order valence-corrected chi connectivity index (χ0v) is 28.8. The fraction of sp³-hybridized carbons (Fsp3) is 0.541.